The Balaban J connectivity index is 1.51. The highest BCUT2D eigenvalue weighted by Gasteiger charge is 2.17. The number of nitrogens with zero attached hydrogens (tertiary/aromatic N) is 3. The highest BCUT2D eigenvalue weighted by Crippen LogP contribution is 2.18. The molecule has 0 spiro atoms. The van der Waals surface area contributed by atoms with Crippen molar-refractivity contribution in [1.82, 2.24) is 9.88 Å². The zero-order valence-corrected chi connectivity index (χ0v) is 15.0. The Morgan fingerprint density at radius 1 is 1.08 bits per heavy atom. The van der Waals surface area contributed by atoms with Crippen LogP contribution in [0.3, 0.4) is 0 Å². The smallest absolute Gasteiger partial charge is 0.228 e. The second kappa shape index (κ2) is 8.12. The minimum Gasteiger partial charge on any atom is -0.368 e. The molecule has 1 amide bonds. The summed E-state index contributed by atoms with van der Waals surface area (Å²) in [6.45, 7) is 8.82. The molecule has 1 aromatic carbocycles. The summed E-state index contributed by atoms with van der Waals surface area (Å²) < 4.78 is 0. The Kier molecular flexibility index (Phi) is 5.66. The molecule has 0 bridgehead atoms. The van der Waals surface area contributed by atoms with Gasteiger partial charge in [0, 0.05) is 38.6 Å². The average Bonchev–Trinajstić information content (AvgIpc) is 2.64. The summed E-state index contributed by atoms with van der Waals surface area (Å²) in [6.07, 6.45) is 1.85. The van der Waals surface area contributed by atoms with Crippen LogP contribution in [0.15, 0.2) is 48.7 Å². The van der Waals surface area contributed by atoms with E-state index >= 15 is 0 Å². The van der Waals surface area contributed by atoms with Crippen LogP contribution in [0.4, 0.5) is 11.5 Å². The molecule has 3 rings (SSSR count). The average molecular weight is 338 g/mol. The maximum atomic E-state index is 11.7. The number of pyridine rings is 1. The Bertz CT molecular complexity index is 677. The van der Waals surface area contributed by atoms with Crippen molar-refractivity contribution in [2.75, 3.05) is 36.4 Å². The molecule has 0 aliphatic carbocycles. The second-order valence-electron chi connectivity index (χ2n) is 6.79. The van der Waals surface area contributed by atoms with Crippen molar-refractivity contribution < 1.29 is 4.79 Å². The van der Waals surface area contributed by atoms with Crippen LogP contribution in [-0.2, 0) is 11.3 Å². The molecule has 1 N–H and O–H groups in total. The van der Waals surface area contributed by atoms with E-state index < -0.39 is 0 Å². The summed E-state index contributed by atoms with van der Waals surface area (Å²) in [4.78, 5) is 20.9. The molecule has 1 fully saturated rings. The molecule has 0 saturated carbocycles. The van der Waals surface area contributed by atoms with Crippen molar-refractivity contribution in [3.8, 4) is 0 Å². The number of hydrogen-bond acceptors (Lipinski definition) is 4. The third kappa shape index (κ3) is 4.79. The lowest BCUT2D eigenvalue weighted by Crippen LogP contribution is -2.46. The lowest BCUT2D eigenvalue weighted by molar-refractivity contribution is -0.118. The molecule has 25 heavy (non-hydrogen) atoms. The minimum atomic E-state index is -0.0424. The van der Waals surface area contributed by atoms with Crippen molar-refractivity contribution in [3.63, 3.8) is 0 Å². The number of nitrogens with one attached hydrogen (secondary N) is 1. The maximum absolute atomic E-state index is 11.7. The van der Waals surface area contributed by atoms with Gasteiger partial charge < -0.3 is 10.2 Å². The van der Waals surface area contributed by atoms with Crippen molar-refractivity contribution in [2.24, 2.45) is 5.92 Å². The van der Waals surface area contributed by atoms with Crippen LogP contribution in [0.2, 0.25) is 0 Å². The molecule has 5 heteroatoms. The van der Waals surface area contributed by atoms with Crippen molar-refractivity contribution >= 4 is 17.4 Å². The fourth-order valence-corrected chi connectivity index (χ4v) is 2.92. The molecule has 132 valence electrons. The van der Waals surface area contributed by atoms with Crippen LogP contribution < -0.4 is 10.2 Å². The van der Waals surface area contributed by atoms with Gasteiger partial charge in [-0.2, -0.15) is 0 Å². The van der Waals surface area contributed by atoms with Gasteiger partial charge in [-0.05, 0) is 17.7 Å². The normalized spacial score (nSPS) is 15.4. The molecule has 0 radical (unpaired) electrons. The molecule has 2 heterocycles. The van der Waals surface area contributed by atoms with Gasteiger partial charge >= 0.3 is 0 Å². The van der Waals surface area contributed by atoms with Gasteiger partial charge in [0.1, 0.15) is 5.82 Å². The zero-order valence-electron chi connectivity index (χ0n) is 15.0. The third-order valence-corrected chi connectivity index (χ3v) is 4.51. The van der Waals surface area contributed by atoms with Crippen molar-refractivity contribution in [1.29, 1.82) is 0 Å². The molecule has 0 unspecified atom stereocenters. The van der Waals surface area contributed by atoms with Crippen LogP contribution in [0.25, 0.3) is 0 Å². The van der Waals surface area contributed by atoms with E-state index in [2.05, 4.69) is 50.4 Å². The van der Waals surface area contributed by atoms with E-state index in [9.17, 15) is 4.79 Å². The zero-order chi connectivity index (χ0) is 17.6. The van der Waals surface area contributed by atoms with Crippen molar-refractivity contribution in [3.05, 3.63) is 54.2 Å². The van der Waals surface area contributed by atoms with Crippen LogP contribution in [0, 0.1) is 5.92 Å². The summed E-state index contributed by atoms with van der Waals surface area (Å²) in [5, 5.41) is 2.83. The molecule has 1 aliphatic heterocycles. The summed E-state index contributed by atoms with van der Waals surface area (Å²) >= 11 is 0. The Morgan fingerprint density at radius 2 is 1.80 bits per heavy atom. The van der Waals surface area contributed by atoms with E-state index in [0.717, 1.165) is 38.4 Å². The molecular weight excluding hydrogens is 312 g/mol. The number of piperazine rings is 1. The Hall–Kier alpha value is -2.40. The largest absolute Gasteiger partial charge is 0.368 e. The van der Waals surface area contributed by atoms with Gasteiger partial charge in [0.2, 0.25) is 5.91 Å². The molecule has 2 aromatic rings. The molecule has 1 aromatic heterocycles. The van der Waals surface area contributed by atoms with Crippen LogP contribution in [0.1, 0.15) is 19.4 Å². The van der Waals surface area contributed by atoms with E-state index in [-0.39, 0.29) is 11.8 Å². The number of anilines is 2. The third-order valence-electron chi connectivity index (χ3n) is 4.51. The Morgan fingerprint density at radius 3 is 2.40 bits per heavy atom. The van der Waals surface area contributed by atoms with E-state index in [1.807, 2.05) is 32.2 Å². The highest BCUT2D eigenvalue weighted by atomic mass is 16.1. The van der Waals surface area contributed by atoms with Gasteiger partial charge in [-0.3, -0.25) is 9.69 Å². The van der Waals surface area contributed by atoms with Crippen LogP contribution >= 0.6 is 0 Å². The number of benzene rings is 1. The number of aromatic nitrogens is 1. The number of carbonyl (C=O) groups is 1. The predicted molar refractivity (Wildman–Crippen MR) is 102 cm³/mol. The SMILES string of the molecule is CC(C)C(=O)Nc1ccc(N2CCN(Cc3ccccc3)CC2)cn1. The first-order chi connectivity index (χ1) is 12.1. The van der Waals surface area contributed by atoms with Gasteiger partial charge in [0.25, 0.3) is 0 Å². The van der Waals surface area contributed by atoms with E-state index in [1.54, 1.807) is 0 Å². The predicted octanol–water partition coefficient (Wildman–Crippen LogP) is 3.00. The monoisotopic (exact) mass is 338 g/mol. The van der Waals surface area contributed by atoms with E-state index in [4.69, 9.17) is 0 Å². The molecule has 5 nitrogen and oxygen atoms in total. The maximum Gasteiger partial charge on any atom is 0.228 e. The molecule has 1 aliphatic rings. The number of hydrogen-bond donors (Lipinski definition) is 1. The van der Waals surface area contributed by atoms with E-state index in [0.29, 0.717) is 5.82 Å². The molecule has 1 saturated heterocycles. The lowest BCUT2D eigenvalue weighted by Gasteiger charge is -2.36. The first-order valence-electron chi connectivity index (χ1n) is 8.90. The quantitative estimate of drug-likeness (QED) is 0.910. The fraction of sp³-hybridized carbons (Fsp3) is 0.400. The van der Waals surface area contributed by atoms with Crippen molar-refractivity contribution in [2.45, 2.75) is 20.4 Å². The van der Waals surface area contributed by atoms with Gasteiger partial charge in [-0.1, -0.05) is 44.2 Å². The number of rotatable bonds is 5. The number of carbonyl (C=O) groups excluding carboxylic acids is 1. The summed E-state index contributed by atoms with van der Waals surface area (Å²) in [7, 11) is 0. The van der Waals surface area contributed by atoms with E-state index in [1.165, 1.54) is 5.56 Å². The summed E-state index contributed by atoms with van der Waals surface area (Å²) in [5.41, 5.74) is 2.48. The van der Waals surface area contributed by atoms with Gasteiger partial charge in [0.15, 0.2) is 0 Å². The second-order valence-corrected chi connectivity index (χ2v) is 6.79. The van der Waals surface area contributed by atoms with Crippen LogP contribution in [0.5, 0.6) is 0 Å². The standard InChI is InChI=1S/C20H26N4O/c1-16(2)20(25)22-19-9-8-18(14-21-19)24-12-10-23(11-13-24)15-17-6-4-3-5-7-17/h3-9,14,16H,10-13,15H2,1-2H3,(H,21,22,25). The Labute approximate surface area is 149 Å². The number of amides is 1. The molecule has 0 atom stereocenters. The first-order valence-corrected chi connectivity index (χ1v) is 8.90. The van der Waals surface area contributed by atoms with Gasteiger partial charge in [-0.25, -0.2) is 4.98 Å². The van der Waals surface area contributed by atoms with Crippen LogP contribution in [-0.4, -0.2) is 42.0 Å². The van der Waals surface area contributed by atoms with Gasteiger partial charge in [0.05, 0.1) is 11.9 Å². The lowest BCUT2D eigenvalue weighted by atomic mass is 10.2. The topological polar surface area (TPSA) is 48.5 Å². The highest BCUT2D eigenvalue weighted by molar-refractivity contribution is 5.91. The molecular formula is C20H26N4O. The summed E-state index contributed by atoms with van der Waals surface area (Å²) in [5.74, 6) is 0.569. The van der Waals surface area contributed by atoms with Gasteiger partial charge in [-0.15, -0.1) is 0 Å². The fourth-order valence-electron chi connectivity index (χ4n) is 2.92. The first kappa shape index (κ1) is 17.4. The summed E-state index contributed by atoms with van der Waals surface area (Å²) in [6, 6.07) is 14.5. The minimum absolute atomic E-state index is 0.00484.